The third kappa shape index (κ3) is 3.64. The van der Waals surface area contributed by atoms with Crippen LogP contribution in [0.15, 0.2) is 22.8 Å². The van der Waals surface area contributed by atoms with Gasteiger partial charge in [-0.05, 0) is 111 Å². The monoisotopic (exact) mass is 474 g/mol. The zero-order chi connectivity index (χ0) is 25.2. The molecule has 0 aliphatic heterocycles. The lowest BCUT2D eigenvalue weighted by Crippen LogP contribution is -2.65. The maximum atomic E-state index is 12.4. The summed E-state index contributed by atoms with van der Waals surface area (Å²) in [6.45, 7) is 13.1. The van der Waals surface area contributed by atoms with Crippen LogP contribution in [0.2, 0.25) is 0 Å². The molecule has 4 aliphatic carbocycles. The quantitative estimate of drug-likeness (QED) is 0.336. The Hall–Kier alpha value is -1.17. The molecule has 192 valence electrons. The summed E-state index contributed by atoms with van der Waals surface area (Å²) >= 11 is 0. The lowest BCUT2D eigenvalue weighted by Gasteiger charge is -2.69. The lowest BCUT2D eigenvalue weighted by molar-refractivity contribution is -0.233. The van der Waals surface area contributed by atoms with Gasteiger partial charge in [0.2, 0.25) is 0 Å². The van der Waals surface area contributed by atoms with Crippen molar-refractivity contribution >= 4 is 5.97 Å². The second-order valence-electron chi connectivity index (χ2n) is 13.1. The van der Waals surface area contributed by atoms with Crippen LogP contribution < -0.4 is 0 Å². The van der Waals surface area contributed by atoms with Crippen LogP contribution in [0.4, 0.5) is 0 Å². The van der Waals surface area contributed by atoms with Crippen LogP contribution in [0, 0.1) is 39.9 Å². The number of allylic oxidation sites excluding steroid dienone is 2. The molecule has 0 aromatic carbocycles. The van der Waals surface area contributed by atoms with E-state index in [1.807, 2.05) is 13.8 Å². The van der Waals surface area contributed by atoms with Crippen molar-refractivity contribution in [1.82, 2.24) is 0 Å². The highest BCUT2D eigenvalue weighted by molar-refractivity contribution is 5.88. The molecule has 0 saturated heterocycles. The molecule has 0 heterocycles. The summed E-state index contributed by atoms with van der Waals surface area (Å²) in [7, 11) is 0. The van der Waals surface area contributed by atoms with E-state index in [0.717, 1.165) is 31.3 Å². The Bertz CT molecular complexity index is 887. The molecule has 0 radical (unpaired) electrons. The van der Waals surface area contributed by atoms with Crippen LogP contribution in [0.25, 0.3) is 0 Å². The van der Waals surface area contributed by atoms with E-state index in [2.05, 4.69) is 33.8 Å². The number of aliphatic hydroxyl groups excluding tert-OH is 3. The average molecular weight is 475 g/mol. The van der Waals surface area contributed by atoms with E-state index in [1.54, 1.807) is 0 Å². The van der Waals surface area contributed by atoms with E-state index in [9.17, 15) is 25.2 Å². The summed E-state index contributed by atoms with van der Waals surface area (Å²) in [6, 6.07) is 0. The highest BCUT2D eigenvalue weighted by Gasteiger charge is 2.70. The maximum absolute atomic E-state index is 12.4. The molecule has 4 N–H and O–H groups in total. The molecular weight excluding hydrogens is 428 g/mol. The zero-order valence-corrected chi connectivity index (χ0v) is 22.0. The molecule has 5 heteroatoms. The zero-order valence-electron chi connectivity index (χ0n) is 22.0. The second kappa shape index (κ2) is 8.74. The predicted molar refractivity (Wildman–Crippen MR) is 133 cm³/mol. The van der Waals surface area contributed by atoms with Crippen molar-refractivity contribution in [1.29, 1.82) is 0 Å². The Balaban J connectivity index is 1.76. The molecule has 0 amide bonds. The number of rotatable bonds is 4. The normalized spacial score (nSPS) is 49.5. The van der Waals surface area contributed by atoms with E-state index in [-0.39, 0.29) is 40.1 Å². The highest BCUT2D eigenvalue weighted by atomic mass is 16.4. The average Bonchev–Trinajstić information content (AvgIpc) is 2.99. The Morgan fingerprint density at radius 2 is 1.71 bits per heavy atom. The predicted octanol–water partition coefficient (Wildman–Crippen LogP) is 5.10. The molecule has 0 bridgehead atoms. The first-order valence-electron chi connectivity index (χ1n) is 13.4. The van der Waals surface area contributed by atoms with Crippen LogP contribution in [0.1, 0.15) is 92.9 Å². The standard InChI is InChI=1S/C29H46O5/c1-16(2)8-7-9-18(26(33)34)24-20-14-22(31)25-27(4)12-11-21(30)17(3)19(27)10-13-28(25,5)29(20,6)15-23(24)32/h8,17,19-23,25,30-32H,7,9-15H2,1-6H3,(H,33,34)/b24-18-/t17-,19?,20-,21+,22+,23+,25-,27-,28-,29-/m0/s1. The molecule has 0 spiro atoms. The van der Waals surface area contributed by atoms with Gasteiger partial charge in [-0.2, -0.15) is 0 Å². The fourth-order valence-electron chi connectivity index (χ4n) is 9.51. The molecule has 5 nitrogen and oxygen atoms in total. The van der Waals surface area contributed by atoms with Gasteiger partial charge in [0.15, 0.2) is 0 Å². The van der Waals surface area contributed by atoms with E-state index < -0.39 is 18.2 Å². The Labute approximate surface area is 205 Å². The summed E-state index contributed by atoms with van der Waals surface area (Å²) < 4.78 is 0. The molecule has 4 rings (SSSR count). The van der Waals surface area contributed by atoms with Gasteiger partial charge in [-0.1, -0.05) is 39.3 Å². The van der Waals surface area contributed by atoms with E-state index in [0.29, 0.717) is 42.7 Å². The number of aliphatic hydroxyl groups is 3. The third-order valence-electron chi connectivity index (χ3n) is 11.3. The van der Waals surface area contributed by atoms with Crippen molar-refractivity contribution in [2.45, 2.75) is 111 Å². The molecule has 1 unspecified atom stereocenters. The van der Waals surface area contributed by atoms with Gasteiger partial charge in [-0.25, -0.2) is 4.79 Å². The fourth-order valence-corrected chi connectivity index (χ4v) is 9.51. The van der Waals surface area contributed by atoms with Crippen LogP contribution in [0.5, 0.6) is 0 Å². The van der Waals surface area contributed by atoms with Gasteiger partial charge >= 0.3 is 5.97 Å². The Morgan fingerprint density at radius 1 is 1.03 bits per heavy atom. The molecule has 10 atom stereocenters. The fraction of sp³-hybridized carbons (Fsp3) is 0.828. The topological polar surface area (TPSA) is 98.0 Å². The minimum atomic E-state index is -0.937. The highest BCUT2D eigenvalue weighted by Crippen LogP contribution is 2.74. The van der Waals surface area contributed by atoms with Crippen LogP contribution >= 0.6 is 0 Å². The van der Waals surface area contributed by atoms with E-state index >= 15 is 0 Å². The van der Waals surface area contributed by atoms with Gasteiger partial charge in [-0.3, -0.25) is 0 Å². The van der Waals surface area contributed by atoms with Crippen LogP contribution in [-0.4, -0.2) is 44.7 Å². The Kier molecular flexibility index (Phi) is 6.66. The number of hydrogen-bond donors (Lipinski definition) is 4. The van der Waals surface area contributed by atoms with Gasteiger partial charge in [0.05, 0.1) is 18.3 Å². The van der Waals surface area contributed by atoms with Crippen molar-refractivity contribution in [3.63, 3.8) is 0 Å². The van der Waals surface area contributed by atoms with Crippen molar-refractivity contribution in [3.8, 4) is 0 Å². The largest absolute Gasteiger partial charge is 0.478 e. The summed E-state index contributed by atoms with van der Waals surface area (Å²) in [4.78, 5) is 12.4. The maximum Gasteiger partial charge on any atom is 0.331 e. The molecule has 34 heavy (non-hydrogen) atoms. The summed E-state index contributed by atoms with van der Waals surface area (Å²) in [5.41, 5.74) is 1.66. The minimum Gasteiger partial charge on any atom is -0.478 e. The molecule has 4 saturated carbocycles. The lowest BCUT2D eigenvalue weighted by atomic mass is 9.36. The van der Waals surface area contributed by atoms with E-state index in [1.165, 1.54) is 0 Å². The molecular formula is C29H46O5. The van der Waals surface area contributed by atoms with Crippen LogP contribution in [-0.2, 0) is 4.79 Å². The van der Waals surface area contributed by atoms with Crippen molar-refractivity contribution in [3.05, 3.63) is 22.8 Å². The number of carbonyl (C=O) groups is 1. The number of carboxylic acid groups (broad SMARTS) is 1. The summed E-state index contributed by atoms with van der Waals surface area (Å²) in [6.07, 6.45) is 6.25. The minimum absolute atomic E-state index is 0.0600. The van der Waals surface area contributed by atoms with Crippen LogP contribution in [0.3, 0.4) is 0 Å². The number of aliphatic carboxylic acids is 1. The van der Waals surface area contributed by atoms with Crippen molar-refractivity contribution in [2.24, 2.45) is 39.9 Å². The molecule has 4 aliphatic rings. The van der Waals surface area contributed by atoms with Crippen molar-refractivity contribution in [2.75, 3.05) is 0 Å². The first-order chi connectivity index (χ1) is 15.8. The van der Waals surface area contributed by atoms with Gasteiger partial charge in [0.1, 0.15) is 0 Å². The van der Waals surface area contributed by atoms with Gasteiger partial charge in [0.25, 0.3) is 0 Å². The number of carboxylic acids is 1. The number of fused-ring (bicyclic) bond motifs is 5. The van der Waals surface area contributed by atoms with Gasteiger partial charge in [-0.15, -0.1) is 0 Å². The van der Waals surface area contributed by atoms with Crippen molar-refractivity contribution < 1.29 is 25.2 Å². The van der Waals surface area contributed by atoms with Gasteiger partial charge in [0, 0.05) is 5.57 Å². The smallest absolute Gasteiger partial charge is 0.331 e. The summed E-state index contributed by atoms with van der Waals surface area (Å²) in [5, 5.41) is 43.8. The summed E-state index contributed by atoms with van der Waals surface area (Å²) in [5.74, 6) is -0.375. The third-order valence-corrected chi connectivity index (χ3v) is 11.3. The molecule has 4 fully saturated rings. The van der Waals surface area contributed by atoms with E-state index in [4.69, 9.17) is 0 Å². The molecule has 0 aromatic rings. The molecule has 0 aromatic heterocycles. The Morgan fingerprint density at radius 3 is 2.32 bits per heavy atom. The number of hydrogen-bond acceptors (Lipinski definition) is 4. The first kappa shape index (κ1) is 25.9. The first-order valence-corrected chi connectivity index (χ1v) is 13.4. The van der Waals surface area contributed by atoms with Gasteiger partial charge < -0.3 is 20.4 Å². The second-order valence-corrected chi connectivity index (χ2v) is 13.1. The SMILES string of the molecule is CC(C)=CCC/C(C(=O)O)=C1/[C@H](O)C[C@@]2(C)[C@H]1C[C@@H](O)[C@H]1[C@@]3(C)CC[C@@H](O)[C@@H](C)C3CC[C@@]12C.